The summed E-state index contributed by atoms with van der Waals surface area (Å²) in [5, 5.41) is 7.38. The van der Waals surface area contributed by atoms with Crippen molar-refractivity contribution in [2.24, 2.45) is 0 Å². The summed E-state index contributed by atoms with van der Waals surface area (Å²) in [5.41, 5.74) is 9.93. The Hall–Kier alpha value is -4.35. The number of rotatable bonds is 2. The van der Waals surface area contributed by atoms with Gasteiger partial charge in [0.15, 0.2) is 11.6 Å². The highest BCUT2D eigenvalue weighted by Gasteiger charge is 2.43. The number of Topliss-reactive ketones (excluding diaryl/α,β-unsaturated/α-hetero) is 2. The zero-order valence-electron chi connectivity index (χ0n) is 23.8. The summed E-state index contributed by atoms with van der Waals surface area (Å²) in [6.45, 7) is 10.9. The fourth-order valence-electron chi connectivity index (χ4n) is 6.61. The van der Waals surface area contributed by atoms with E-state index in [4.69, 9.17) is 0 Å². The molecule has 0 saturated heterocycles. The topological polar surface area (TPSA) is 49.4 Å². The number of nitrogens with zero attached hydrogens (tertiary/aromatic N) is 1. The lowest BCUT2D eigenvalue weighted by Gasteiger charge is -2.30. The molecule has 2 heterocycles. The second-order valence-corrected chi connectivity index (χ2v) is 12.6. The molecule has 0 aromatic heterocycles. The fourth-order valence-corrected chi connectivity index (χ4v) is 7.33. The van der Waals surface area contributed by atoms with Crippen LogP contribution in [0, 0.1) is 20.8 Å². The minimum Gasteiger partial charge on any atom is -0.360 e. The van der Waals surface area contributed by atoms with E-state index in [1.54, 1.807) is 17.8 Å². The number of hydrogen-bond acceptors (Lipinski definition) is 5. The molecule has 1 N–H and O–H groups in total. The number of carbonyl (C=O) groups excluding carboxylic acids is 2. The van der Waals surface area contributed by atoms with Gasteiger partial charge in [-0.15, -0.1) is 0 Å². The Bertz CT molecular complexity index is 1860. The normalized spacial score (nSPS) is 17.6. The predicted octanol–water partition coefficient (Wildman–Crippen LogP) is 9.07. The van der Waals surface area contributed by atoms with Crippen molar-refractivity contribution in [1.29, 1.82) is 0 Å². The molecule has 3 aliphatic rings. The SMILES string of the molecule is Cc1cc(C)c(N2/C(=C/C=C3C(=O)c4cc5ccccc5cc4C3=O)C(C)(C)c3cc4c(cc32)NC=CS4)c(C)c1. The van der Waals surface area contributed by atoms with Gasteiger partial charge in [0.1, 0.15) is 0 Å². The van der Waals surface area contributed by atoms with E-state index in [1.807, 2.05) is 48.7 Å². The van der Waals surface area contributed by atoms with Crippen LogP contribution in [0.25, 0.3) is 10.8 Å². The molecular weight excluding hydrogens is 524 g/mol. The lowest BCUT2D eigenvalue weighted by atomic mass is 9.83. The molecular formula is C36H30N2O2S. The first-order valence-corrected chi connectivity index (χ1v) is 14.7. The molecule has 7 rings (SSSR count). The van der Waals surface area contributed by atoms with Crippen molar-refractivity contribution in [2.45, 2.75) is 44.9 Å². The van der Waals surface area contributed by atoms with Gasteiger partial charge in [0.05, 0.1) is 22.6 Å². The van der Waals surface area contributed by atoms with Gasteiger partial charge in [-0.25, -0.2) is 0 Å². The summed E-state index contributed by atoms with van der Waals surface area (Å²) < 4.78 is 0. The van der Waals surface area contributed by atoms with Crippen molar-refractivity contribution in [3.63, 3.8) is 0 Å². The zero-order valence-corrected chi connectivity index (χ0v) is 24.6. The van der Waals surface area contributed by atoms with Gasteiger partial charge >= 0.3 is 0 Å². The van der Waals surface area contributed by atoms with E-state index >= 15 is 0 Å². The van der Waals surface area contributed by atoms with Gasteiger partial charge in [0.25, 0.3) is 0 Å². The van der Waals surface area contributed by atoms with Gasteiger partial charge in [-0.1, -0.05) is 67.6 Å². The summed E-state index contributed by atoms with van der Waals surface area (Å²) in [7, 11) is 0. The van der Waals surface area contributed by atoms with Crippen LogP contribution in [0.15, 0.2) is 101 Å². The Morgan fingerprint density at radius 1 is 0.829 bits per heavy atom. The van der Waals surface area contributed by atoms with Crippen molar-refractivity contribution >= 4 is 51.2 Å². The number of aryl methyl sites for hydroxylation is 3. The second kappa shape index (κ2) is 9.08. The van der Waals surface area contributed by atoms with Crippen molar-refractivity contribution < 1.29 is 9.59 Å². The van der Waals surface area contributed by atoms with Gasteiger partial charge in [0, 0.05) is 33.3 Å². The van der Waals surface area contributed by atoms with Crippen LogP contribution in [0.1, 0.15) is 56.8 Å². The Morgan fingerprint density at radius 2 is 1.46 bits per heavy atom. The summed E-state index contributed by atoms with van der Waals surface area (Å²) in [4.78, 5) is 30.6. The van der Waals surface area contributed by atoms with Crippen molar-refractivity contribution in [1.82, 2.24) is 0 Å². The summed E-state index contributed by atoms with van der Waals surface area (Å²) in [5.74, 6) is -0.422. The molecule has 0 saturated carbocycles. The molecule has 4 aromatic carbocycles. The second-order valence-electron chi connectivity index (χ2n) is 11.7. The van der Waals surface area contributed by atoms with Crippen LogP contribution in [0.3, 0.4) is 0 Å². The molecule has 2 aliphatic heterocycles. The lowest BCUT2D eigenvalue weighted by Crippen LogP contribution is -2.24. The van der Waals surface area contributed by atoms with Crippen LogP contribution in [0.5, 0.6) is 0 Å². The first-order valence-electron chi connectivity index (χ1n) is 13.8. The summed E-state index contributed by atoms with van der Waals surface area (Å²) in [6, 6.07) is 20.5. The molecule has 0 unspecified atom stereocenters. The molecule has 5 heteroatoms. The van der Waals surface area contributed by atoms with Gasteiger partial charge in [0.2, 0.25) is 0 Å². The molecule has 0 atom stereocenters. The Balaban J connectivity index is 1.42. The van der Waals surface area contributed by atoms with E-state index in [9.17, 15) is 9.59 Å². The lowest BCUT2D eigenvalue weighted by molar-refractivity contribution is 0.0988. The van der Waals surface area contributed by atoms with Crippen LogP contribution in [0.2, 0.25) is 0 Å². The van der Waals surface area contributed by atoms with E-state index in [-0.39, 0.29) is 22.6 Å². The van der Waals surface area contributed by atoms with E-state index in [2.05, 4.69) is 74.5 Å². The van der Waals surface area contributed by atoms with Crippen LogP contribution >= 0.6 is 11.8 Å². The van der Waals surface area contributed by atoms with Gasteiger partial charge in [-0.3, -0.25) is 9.59 Å². The number of ketones is 2. The first-order chi connectivity index (χ1) is 19.6. The third kappa shape index (κ3) is 3.83. The number of nitrogens with one attached hydrogen (secondary N) is 1. The van der Waals surface area contributed by atoms with Gasteiger partial charge in [-0.05, 0) is 90.1 Å². The largest absolute Gasteiger partial charge is 0.360 e. The maximum absolute atomic E-state index is 13.6. The van der Waals surface area contributed by atoms with Crippen molar-refractivity contribution in [2.75, 3.05) is 10.2 Å². The maximum Gasteiger partial charge on any atom is 0.197 e. The molecule has 0 fully saturated rings. The third-order valence-electron chi connectivity index (χ3n) is 8.53. The molecule has 0 amide bonds. The van der Waals surface area contributed by atoms with Crippen molar-refractivity contribution in [3.8, 4) is 0 Å². The first kappa shape index (κ1) is 25.6. The molecule has 1 aliphatic carbocycles. The number of carbonyl (C=O) groups is 2. The molecule has 0 spiro atoms. The monoisotopic (exact) mass is 554 g/mol. The molecule has 4 nitrogen and oxygen atoms in total. The van der Waals surface area contributed by atoms with Crippen molar-refractivity contribution in [3.05, 3.63) is 129 Å². The van der Waals surface area contributed by atoms with E-state index in [0.717, 1.165) is 33.5 Å². The number of fused-ring (bicyclic) bond motifs is 4. The smallest absolute Gasteiger partial charge is 0.197 e. The van der Waals surface area contributed by atoms with E-state index in [1.165, 1.54) is 27.1 Å². The van der Waals surface area contributed by atoms with Gasteiger partial charge in [-0.2, -0.15) is 0 Å². The summed E-state index contributed by atoms with van der Waals surface area (Å²) in [6.07, 6.45) is 5.71. The number of benzene rings is 4. The minimum absolute atomic E-state index is 0.211. The average Bonchev–Trinajstić information content (AvgIpc) is 3.29. The number of allylic oxidation sites excluding steroid dienone is 4. The van der Waals surface area contributed by atoms with Crippen LogP contribution in [0.4, 0.5) is 17.1 Å². The fraction of sp³-hybridized carbons (Fsp3) is 0.167. The molecule has 41 heavy (non-hydrogen) atoms. The highest BCUT2D eigenvalue weighted by molar-refractivity contribution is 8.02. The number of hydrogen-bond donors (Lipinski definition) is 1. The van der Waals surface area contributed by atoms with Gasteiger partial charge < -0.3 is 10.2 Å². The molecule has 4 aromatic rings. The average molecular weight is 555 g/mol. The minimum atomic E-state index is -0.376. The number of thioether (sulfide) groups is 1. The van der Waals surface area contributed by atoms with E-state index in [0.29, 0.717) is 11.1 Å². The highest BCUT2D eigenvalue weighted by atomic mass is 32.2. The maximum atomic E-state index is 13.6. The molecule has 0 radical (unpaired) electrons. The Labute approximate surface area is 244 Å². The highest BCUT2D eigenvalue weighted by Crippen LogP contribution is 2.55. The zero-order chi connectivity index (χ0) is 28.6. The Kier molecular flexibility index (Phi) is 5.67. The molecule has 0 bridgehead atoms. The number of anilines is 3. The van der Waals surface area contributed by atoms with E-state index < -0.39 is 0 Å². The third-order valence-corrected chi connectivity index (χ3v) is 9.39. The van der Waals surface area contributed by atoms with Crippen LogP contribution in [-0.4, -0.2) is 11.6 Å². The van der Waals surface area contributed by atoms with Crippen LogP contribution < -0.4 is 10.2 Å². The Morgan fingerprint density at radius 3 is 2.10 bits per heavy atom. The molecule has 202 valence electrons. The van der Waals surface area contributed by atoms with Crippen LogP contribution in [-0.2, 0) is 5.41 Å². The summed E-state index contributed by atoms with van der Waals surface area (Å²) >= 11 is 1.71. The standard InChI is InChI=1S/C36H30N2O2S/c1-20-14-21(2)33(22(3)15-20)38-30-19-29-31(41-13-12-37-29)18-28(30)36(4,5)32(38)11-10-25-34(39)26-16-23-8-6-7-9-24(23)17-27(26)35(25)40/h6-19,37H,1-5H3/b32-11+. The quantitative estimate of drug-likeness (QED) is 0.198. The predicted molar refractivity (Wildman–Crippen MR) is 170 cm³/mol.